The van der Waals surface area contributed by atoms with Crippen molar-refractivity contribution in [2.75, 3.05) is 0 Å². The predicted octanol–water partition coefficient (Wildman–Crippen LogP) is 4.00. The number of hydrogen-bond acceptors (Lipinski definition) is 2. The van der Waals surface area contributed by atoms with E-state index in [0.717, 1.165) is 11.1 Å². The molecule has 1 saturated carbocycles. The van der Waals surface area contributed by atoms with Crippen LogP contribution in [0.1, 0.15) is 25.8 Å². The van der Waals surface area contributed by atoms with E-state index in [0.29, 0.717) is 12.2 Å². The number of benzene rings is 1. The van der Waals surface area contributed by atoms with Crippen molar-refractivity contribution in [1.29, 1.82) is 0 Å². The van der Waals surface area contributed by atoms with Gasteiger partial charge in [-0.3, -0.25) is 0 Å². The summed E-state index contributed by atoms with van der Waals surface area (Å²) in [4.78, 5) is 9.98. The van der Waals surface area contributed by atoms with Crippen LogP contribution in [0.15, 0.2) is 36.4 Å². The molecule has 3 atom stereocenters. The van der Waals surface area contributed by atoms with Gasteiger partial charge < -0.3 is 4.74 Å². The number of fused-ring (bicyclic) bond motifs is 3. The SMILES string of the molecule is C=C(C)C1(C)C[C@@]2(Cl)C(=O)Oc3ccccc3[C@@]12Cl. The third kappa shape index (κ3) is 1.22. The molecule has 0 saturated heterocycles. The first-order chi connectivity index (χ1) is 8.77. The van der Waals surface area contributed by atoms with E-state index in [2.05, 4.69) is 6.58 Å². The van der Waals surface area contributed by atoms with Crippen LogP contribution in [0.4, 0.5) is 0 Å². The highest BCUT2D eigenvalue weighted by atomic mass is 35.5. The number of rotatable bonds is 1. The molecule has 1 aromatic rings. The minimum absolute atomic E-state index is 0.425. The van der Waals surface area contributed by atoms with Crippen molar-refractivity contribution in [2.24, 2.45) is 5.41 Å². The fraction of sp³-hybridized carbons (Fsp3) is 0.400. The Kier molecular flexibility index (Phi) is 2.44. The summed E-state index contributed by atoms with van der Waals surface area (Å²) < 4.78 is 5.32. The fourth-order valence-electron chi connectivity index (χ4n) is 3.25. The molecule has 0 amide bonds. The summed E-state index contributed by atoms with van der Waals surface area (Å²) in [6.45, 7) is 7.94. The van der Waals surface area contributed by atoms with Crippen molar-refractivity contribution >= 4 is 29.2 Å². The molecule has 100 valence electrons. The molecular formula is C15H14Cl2O2. The molecule has 0 bridgehead atoms. The molecule has 1 unspecified atom stereocenters. The molecule has 3 rings (SSSR count). The van der Waals surface area contributed by atoms with Crippen LogP contribution in [-0.2, 0) is 9.67 Å². The Labute approximate surface area is 122 Å². The van der Waals surface area contributed by atoms with Gasteiger partial charge in [0.15, 0.2) is 4.87 Å². The second kappa shape index (κ2) is 3.56. The maximum atomic E-state index is 12.2. The van der Waals surface area contributed by atoms with Gasteiger partial charge >= 0.3 is 5.97 Å². The molecule has 19 heavy (non-hydrogen) atoms. The normalized spacial score (nSPS) is 39.7. The Hall–Kier alpha value is -0.990. The topological polar surface area (TPSA) is 26.3 Å². The number of carbonyl (C=O) groups is 1. The Morgan fingerprint density at radius 1 is 1.37 bits per heavy atom. The zero-order valence-corrected chi connectivity index (χ0v) is 12.3. The summed E-state index contributed by atoms with van der Waals surface area (Å²) in [5, 5.41) is 0. The van der Waals surface area contributed by atoms with Gasteiger partial charge in [0.05, 0.1) is 0 Å². The summed E-state index contributed by atoms with van der Waals surface area (Å²) in [5.41, 5.74) is 1.26. The molecule has 1 aliphatic heterocycles. The first-order valence-corrected chi connectivity index (χ1v) is 6.88. The third-order valence-corrected chi connectivity index (χ3v) is 6.24. The smallest absolute Gasteiger partial charge is 0.334 e. The minimum Gasteiger partial charge on any atom is -0.425 e. The maximum Gasteiger partial charge on any atom is 0.334 e. The van der Waals surface area contributed by atoms with Crippen molar-refractivity contribution < 1.29 is 9.53 Å². The number of carbonyl (C=O) groups excluding carboxylic acids is 1. The number of halogens is 2. The number of alkyl halides is 2. The van der Waals surface area contributed by atoms with Crippen molar-refractivity contribution in [3.8, 4) is 5.75 Å². The molecule has 0 aromatic heterocycles. The van der Waals surface area contributed by atoms with Gasteiger partial charge in [-0.25, -0.2) is 4.79 Å². The molecular weight excluding hydrogens is 283 g/mol. The molecule has 1 aliphatic carbocycles. The lowest BCUT2D eigenvalue weighted by molar-refractivity contribution is -0.149. The fourth-order valence-corrected chi connectivity index (χ4v) is 4.40. The molecule has 2 aliphatic rings. The van der Waals surface area contributed by atoms with E-state index < -0.39 is 21.1 Å². The second-order valence-corrected chi connectivity index (χ2v) is 6.85. The van der Waals surface area contributed by atoms with Gasteiger partial charge in [-0.2, -0.15) is 0 Å². The van der Waals surface area contributed by atoms with Crippen molar-refractivity contribution in [1.82, 2.24) is 0 Å². The first-order valence-electron chi connectivity index (χ1n) is 6.13. The number of esters is 1. The van der Waals surface area contributed by atoms with Gasteiger partial charge in [0, 0.05) is 11.0 Å². The maximum absolute atomic E-state index is 12.2. The Balaban J connectivity index is 2.29. The molecule has 0 radical (unpaired) electrons. The van der Waals surface area contributed by atoms with Crippen LogP contribution in [0.5, 0.6) is 5.75 Å². The Bertz CT molecular complexity index is 612. The van der Waals surface area contributed by atoms with Crippen molar-refractivity contribution in [3.63, 3.8) is 0 Å². The van der Waals surface area contributed by atoms with Gasteiger partial charge in [0.1, 0.15) is 10.6 Å². The van der Waals surface area contributed by atoms with E-state index in [9.17, 15) is 4.79 Å². The lowest BCUT2D eigenvalue weighted by Gasteiger charge is -2.65. The molecule has 4 heteroatoms. The average Bonchev–Trinajstić information content (AvgIpc) is 2.36. The van der Waals surface area contributed by atoms with Gasteiger partial charge in [-0.15, -0.1) is 23.2 Å². The summed E-state index contributed by atoms with van der Waals surface area (Å²) in [6, 6.07) is 7.29. The number of allylic oxidation sites excluding steroid dienone is 1. The van der Waals surface area contributed by atoms with Gasteiger partial charge in [0.2, 0.25) is 0 Å². The third-order valence-electron chi connectivity index (χ3n) is 4.63. The van der Waals surface area contributed by atoms with E-state index in [-0.39, 0.29) is 0 Å². The molecule has 2 nitrogen and oxygen atoms in total. The van der Waals surface area contributed by atoms with Crippen LogP contribution in [0, 0.1) is 5.41 Å². The van der Waals surface area contributed by atoms with Gasteiger partial charge in [0.25, 0.3) is 0 Å². The van der Waals surface area contributed by atoms with Gasteiger partial charge in [-0.1, -0.05) is 37.3 Å². The van der Waals surface area contributed by atoms with Gasteiger partial charge in [-0.05, 0) is 19.4 Å². The monoisotopic (exact) mass is 296 g/mol. The lowest BCUT2D eigenvalue weighted by Crippen LogP contribution is -2.72. The summed E-state index contributed by atoms with van der Waals surface area (Å²) in [6.07, 6.45) is 0.438. The van der Waals surface area contributed by atoms with E-state index in [1.165, 1.54) is 0 Å². The molecule has 1 heterocycles. The summed E-state index contributed by atoms with van der Waals surface area (Å²) >= 11 is 13.4. The van der Waals surface area contributed by atoms with Crippen molar-refractivity contribution in [3.05, 3.63) is 42.0 Å². The first kappa shape index (κ1) is 13.0. The van der Waals surface area contributed by atoms with Crippen LogP contribution in [0.2, 0.25) is 0 Å². The van der Waals surface area contributed by atoms with E-state index in [1.807, 2.05) is 32.0 Å². The molecule has 0 N–H and O–H groups in total. The van der Waals surface area contributed by atoms with E-state index >= 15 is 0 Å². The number of hydrogen-bond donors (Lipinski definition) is 0. The molecule has 1 fully saturated rings. The molecule has 1 aromatic carbocycles. The lowest BCUT2D eigenvalue weighted by atomic mass is 9.48. The zero-order valence-electron chi connectivity index (χ0n) is 10.8. The largest absolute Gasteiger partial charge is 0.425 e. The Morgan fingerprint density at radius 2 is 2.00 bits per heavy atom. The van der Waals surface area contributed by atoms with Crippen molar-refractivity contribution in [2.45, 2.75) is 30.0 Å². The van der Waals surface area contributed by atoms with Crippen LogP contribution >= 0.6 is 23.2 Å². The highest BCUT2D eigenvalue weighted by molar-refractivity contribution is 6.45. The quantitative estimate of drug-likeness (QED) is 0.339. The van der Waals surface area contributed by atoms with Crippen LogP contribution in [0.3, 0.4) is 0 Å². The zero-order chi connectivity index (χ0) is 14.1. The highest BCUT2D eigenvalue weighted by Crippen LogP contribution is 2.74. The number of para-hydroxylation sites is 1. The van der Waals surface area contributed by atoms with E-state index in [1.54, 1.807) is 6.07 Å². The highest BCUT2D eigenvalue weighted by Gasteiger charge is 2.78. The standard InChI is InChI=1S/C15H14Cl2O2/c1-9(2)13(3)8-14(16)12(18)19-11-7-5-4-6-10(11)15(13,14)17/h4-7H,1,8H2,2-3H3/t13?,14-,15-/m1/s1. The predicted molar refractivity (Wildman–Crippen MR) is 75.7 cm³/mol. The van der Waals surface area contributed by atoms with E-state index in [4.69, 9.17) is 27.9 Å². The minimum atomic E-state index is -1.21. The molecule has 0 spiro atoms. The average molecular weight is 297 g/mol. The number of ether oxygens (including phenoxy) is 1. The summed E-state index contributed by atoms with van der Waals surface area (Å²) in [5.74, 6) is 0.0209. The Morgan fingerprint density at radius 3 is 2.63 bits per heavy atom. The summed E-state index contributed by atoms with van der Waals surface area (Å²) in [7, 11) is 0. The van der Waals surface area contributed by atoms with Crippen LogP contribution < -0.4 is 4.74 Å². The van der Waals surface area contributed by atoms with Crippen LogP contribution in [-0.4, -0.2) is 10.8 Å². The van der Waals surface area contributed by atoms with Crippen LogP contribution in [0.25, 0.3) is 0 Å². The second-order valence-electron chi connectivity index (χ2n) is 5.63.